The zero-order valence-corrected chi connectivity index (χ0v) is 15.0. The summed E-state index contributed by atoms with van der Waals surface area (Å²) in [6.07, 6.45) is 5.30. The summed E-state index contributed by atoms with van der Waals surface area (Å²) < 4.78 is 10.7. The molecule has 0 aliphatic rings. The summed E-state index contributed by atoms with van der Waals surface area (Å²) in [5.41, 5.74) is 3.60. The SMILES string of the molecule is COc1cc(OC)c2cnc(-c3ccc(Nc4cccnc4)cc3)nc2c1. The highest BCUT2D eigenvalue weighted by molar-refractivity contribution is 5.87. The number of hydrogen-bond acceptors (Lipinski definition) is 6. The van der Waals surface area contributed by atoms with Gasteiger partial charge in [-0.15, -0.1) is 0 Å². The van der Waals surface area contributed by atoms with Gasteiger partial charge >= 0.3 is 0 Å². The largest absolute Gasteiger partial charge is 0.497 e. The highest BCUT2D eigenvalue weighted by atomic mass is 16.5. The fraction of sp³-hybridized carbons (Fsp3) is 0.0952. The maximum atomic E-state index is 5.41. The fourth-order valence-electron chi connectivity index (χ4n) is 2.81. The molecule has 1 N–H and O–H groups in total. The minimum Gasteiger partial charge on any atom is -0.497 e. The van der Waals surface area contributed by atoms with Crippen molar-refractivity contribution in [3.05, 3.63) is 67.1 Å². The van der Waals surface area contributed by atoms with Gasteiger partial charge in [-0.3, -0.25) is 4.98 Å². The standard InChI is InChI=1S/C21H18N4O2/c1-26-17-10-19-18(20(11-17)27-2)13-23-21(25-19)14-5-7-15(8-6-14)24-16-4-3-9-22-12-16/h3-13,24H,1-2H3. The molecule has 4 rings (SSSR count). The highest BCUT2D eigenvalue weighted by Gasteiger charge is 2.09. The van der Waals surface area contributed by atoms with Crippen LogP contribution in [-0.4, -0.2) is 29.2 Å². The van der Waals surface area contributed by atoms with E-state index in [4.69, 9.17) is 9.47 Å². The van der Waals surface area contributed by atoms with Crippen LogP contribution < -0.4 is 14.8 Å². The van der Waals surface area contributed by atoms with Crippen LogP contribution in [0.15, 0.2) is 67.1 Å². The van der Waals surface area contributed by atoms with Gasteiger partial charge in [-0.2, -0.15) is 0 Å². The minimum atomic E-state index is 0.644. The lowest BCUT2D eigenvalue weighted by Crippen LogP contribution is -1.95. The third kappa shape index (κ3) is 3.50. The molecule has 0 bridgehead atoms. The molecule has 0 spiro atoms. The molecule has 2 heterocycles. The number of rotatable bonds is 5. The topological polar surface area (TPSA) is 69.2 Å². The number of nitrogens with one attached hydrogen (secondary N) is 1. The summed E-state index contributed by atoms with van der Waals surface area (Å²) in [7, 11) is 3.24. The number of nitrogens with zero attached hydrogens (tertiary/aromatic N) is 3. The van der Waals surface area contributed by atoms with Crippen molar-refractivity contribution in [2.75, 3.05) is 19.5 Å². The van der Waals surface area contributed by atoms with Crippen LogP contribution in [0.25, 0.3) is 22.3 Å². The molecule has 0 atom stereocenters. The summed E-state index contributed by atoms with van der Waals surface area (Å²) in [6.45, 7) is 0. The van der Waals surface area contributed by atoms with Gasteiger partial charge in [0.1, 0.15) is 11.5 Å². The number of pyridine rings is 1. The quantitative estimate of drug-likeness (QED) is 0.568. The summed E-state index contributed by atoms with van der Waals surface area (Å²) in [5, 5.41) is 4.15. The zero-order valence-electron chi connectivity index (χ0n) is 15.0. The number of ether oxygens (including phenoxy) is 2. The van der Waals surface area contributed by atoms with Gasteiger partial charge < -0.3 is 14.8 Å². The Balaban J connectivity index is 1.65. The van der Waals surface area contributed by atoms with Gasteiger partial charge in [-0.25, -0.2) is 9.97 Å². The van der Waals surface area contributed by atoms with Gasteiger partial charge in [0.2, 0.25) is 0 Å². The van der Waals surface area contributed by atoms with E-state index in [1.807, 2.05) is 48.5 Å². The first kappa shape index (κ1) is 16.8. The predicted octanol–water partition coefficient (Wildman–Crippen LogP) is 4.45. The van der Waals surface area contributed by atoms with Crippen molar-refractivity contribution in [3.8, 4) is 22.9 Å². The van der Waals surface area contributed by atoms with Crippen molar-refractivity contribution in [2.24, 2.45) is 0 Å². The Kier molecular flexibility index (Phi) is 4.53. The van der Waals surface area contributed by atoms with Crippen molar-refractivity contribution >= 4 is 22.3 Å². The third-order valence-electron chi connectivity index (χ3n) is 4.18. The minimum absolute atomic E-state index is 0.644. The van der Waals surface area contributed by atoms with Gasteiger partial charge in [-0.05, 0) is 36.4 Å². The van der Waals surface area contributed by atoms with Gasteiger partial charge in [-0.1, -0.05) is 0 Å². The molecule has 0 unspecified atom stereocenters. The number of anilines is 2. The van der Waals surface area contributed by atoms with E-state index in [2.05, 4.69) is 20.3 Å². The van der Waals surface area contributed by atoms with Gasteiger partial charge in [0.25, 0.3) is 0 Å². The second-order valence-corrected chi connectivity index (χ2v) is 5.90. The van der Waals surface area contributed by atoms with Crippen LogP contribution in [0.4, 0.5) is 11.4 Å². The smallest absolute Gasteiger partial charge is 0.159 e. The second-order valence-electron chi connectivity index (χ2n) is 5.90. The summed E-state index contributed by atoms with van der Waals surface area (Å²) in [6, 6.07) is 15.5. The van der Waals surface area contributed by atoms with Crippen molar-refractivity contribution in [1.82, 2.24) is 15.0 Å². The summed E-state index contributed by atoms with van der Waals surface area (Å²) >= 11 is 0. The Labute approximate surface area is 156 Å². The van der Waals surface area contributed by atoms with E-state index in [0.29, 0.717) is 17.3 Å². The van der Waals surface area contributed by atoms with Crippen molar-refractivity contribution < 1.29 is 9.47 Å². The normalized spacial score (nSPS) is 10.6. The van der Waals surface area contributed by atoms with Crippen molar-refractivity contribution in [2.45, 2.75) is 0 Å². The molecule has 4 aromatic rings. The van der Waals surface area contributed by atoms with Crippen LogP contribution in [0.1, 0.15) is 0 Å². The molecular weight excluding hydrogens is 340 g/mol. The third-order valence-corrected chi connectivity index (χ3v) is 4.18. The molecule has 6 nitrogen and oxygen atoms in total. The van der Waals surface area contributed by atoms with Crippen LogP contribution in [0, 0.1) is 0 Å². The molecule has 2 aromatic carbocycles. The molecule has 0 aliphatic carbocycles. The van der Waals surface area contributed by atoms with E-state index in [0.717, 1.165) is 27.8 Å². The number of fused-ring (bicyclic) bond motifs is 1. The van der Waals surface area contributed by atoms with E-state index in [1.165, 1.54) is 0 Å². The highest BCUT2D eigenvalue weighted by Crippen LogP contribution is 2.31. The number of hydrogen-bond donors (Lipinski definition) is 1. The van der Waals surface area contributed by atoms with Gasteiger partial charge in [0.15, 0.2) is 5.82 Å². The van der Waals surface area contributed by atoms with E-state index >= 15 is 0 Å². The van der Waals surface area contributed by atoms with Crippen molar-refractivity contribution in [1.29, 1.82) is 0 Å². The van der Waals surface area contributed by atoms with Gasteiger partial charge in [0.05, 0.1) is 37.0 Å². The van der Waals surface area contributed by atoms with E-state index in [9.17, 15) is 0 Å². The number of benzene rings is 2. The predicted molar refractivity (Wildman–Crippen MR) is 106 cm³/mol. The van der Waals surface area contributed by atoms with Crippen LogP contribution in [0.3, 0.4) is 0 Å². The zero-order chi connectivity index (χ0) is 18.6. The molecule has 6 heteroatoms. The Morgan fingerprint density at radius 1 is 0.889 bits per heavy atom. The molecule has 0 radical (unpaired) electrons. The Morgan fingerprint density at radius 2 is 1.74 bits per heavy atom. The first-order chi connectivity index (χ1) is 13.3. The Morgan fingerprint density at radius 3 is 2.44 bits per heavy atom. The molecule has 0 saturated heterocycles. The maximum Gasteiger partial charge on any atom is 0.159 e. The Bertz CT molecular complexity index is 1070. The van der Waals surface area contributed by atoms with Crippen molar-refractivity contribution in [3.63, 3.8) is 0 Å². The van der Waals surface area contributed by atoms with Gasteiger partial charge in [0, 0.05) is 35.8 Å². The molecule has 2 aromatic heterocycles. The average Bonchev–Trinajstić information content (AvgIpc) is 2.73. The average molecular weight is 358 g/mol. The fourth-order valence-corrected chi connectivity index (χ4v) is 2.81. The molecule has 0 amide bonds. The number of methoxy groups -OCH3 is 2. The van der Waals surface area contributed by atoms with Crippen LogP contribution in [-0.2, 0) is 0 Å². The monoisotopic (exact) mass is 358 g/mol. The molecule has 0 aliphatic heterocycles. The first-order valence-corrected chi connectivity index (χ1v) is 8.43. The summed E-state index contributed by atoms with van der Waals surface area (Å²) in [5.74, 6) is 2.03. The molecule has 134 valence electrons. The lowest BCUT2D eigenvalue weighted by molar-refractivity contribution is 0.397. The van der Waals surface area contributed by atoms with Crippen LogP contribution in [0.5, 0.6) is 11.5 Å². The Hall–Kier alpha value is -3.67. The maximum absolute atomic E-state index is 5.41. The second kappa shape index (κ2) is 7.29. The lowest BCUT2D eigenvalue weighted by Gasteiger charge is -2.10. The van der Waals surface area contributed by atoms with E-state index in [1.54, 1.807) is 32.8 Å². The van der Waals surface area contributed by atoms with Crippen LogP contribution in [0.2, 0.25) is 0 Å². The van der Waals surface area contributed by atoms with E-state index < -0.39 is 0 Å². The molecule has 0 fully saturated rings. The molecule has 0 saturated carbocycles. The lowest BCUT2D eigenvalue weighted by atomic mass is 10.1. The first-order valence-electron chi connectivity index (χ1n) is 8.43. The molecular formula is C21H18N4O2. The van der Waals surface area contributed by atoms with E-state index in [-0.39, 0.29) is 0 Å². The summed E-state index contributed by atoms with van der Waals surface area (Å²) in [4.78, 5) is 13.3. The van der Waals surface area contributed by atoms with Crippen LogP contribution >= 0.6 is 0 Å². The molecule has 27 heavy (non-hydrogen) atoms. The number of aromatic nitrogens is 3.